The highest BCUT2D eigenvalue weighted by Gasteiger charge is 2.13. The molecule has 0 spiro atoms. The minimum absolute atomic E-state index is 0.193. The smallest absolute Gasteiger partial charge is 0.308 e. The fourth-order valence-corrected chi connectivity index (χ4v) is 1.54. The van der Waals surface area contributed by atoms with E-state index in [0.29, 0.717) is 26.2 Å². The van der Waals surface area contributed by atoms with Crippen molar-refractivity contribution in [3.05, 3.63) is 0 Å². The van der Waals surface area contributed by atoms with Crippen LogP contribution in [0.4, 0.5) is 0 Å². The Hall–Kier alpha value is -0.610. The molecule has 1 atom stereocenters. The van der Waals surface area contributed by atoms with Crippen LogP contribution in [0.25, 0.3) is 0 Å². The second kappa shape index (κ2) is 7.65. The lowest BCUT2D eigenvalue weighted by atomic mass is 10.1. The van der Waals surface area contributed by atoms with Gasteiger partial charge in [-0.2, -0.15) is 0 Å². The number of carbonyl (C=O) groups excluding carboxylic acids is 1. The summed E-state index contributed by atoms with van der Waals surface area (Å²) in [6.45, 7) is 4.10. The summed E-state index contributed by atoms with van der Waals surface area (Å²) in [5.41, 5.74) is 0. The third-order valence-corrected chi connectivity index (χ3v) is 2.33. The van der Waals surface area contributed by atoms with E-state index >= 15 is 0 Å². The maximum atomic E-state index is 11.0. The SMILES string of the molecule is CCOC(=O)CCOCC1CCCCO1. The molecule has 1 aliphatic heterocycles. The standard InChI is InChI=1S/C11H20O4/c1-2-14-11(12)6-8-13-9-10-5-3-4-7-15-10/h10H,2-9H2,1H3. The molecule has 0 aromatic carbocycles. The third kappa shape index (κ3) is 5.74. The minimum Gasteiger partial charge on any atom is -0.466 e. The van der Waals surface area contributed by atoms with E-state index in [-0.39, 0.29) is 12.1 Å². The molecule has 15 heavy (non-hydrogen) atoms. The van der Waals surface area contributed by atoms with Crippen molar-refractivity contribution in [3.8, 4) is 0 Å². The maximum Gasteiger partial charge on any atom is 0.308 e. The molecule has 1 aliphatic rings. The van der Waals surface area contributed by atoms with Crippen LogP contribution in [0.5, 0.6) is 0 Å². The molecule has 0 saturated carbocycles. The number of rotatable bonds is 6. The first kappa shape index (κ1) is 12.5. The lowest BCUT2D eigenvalue weighted by Crippen LogP contribution is -2.25. The zero-order chi connectivity index (χ0) is 10.9. The number of esters is 1. The Bertz CT molecular complexity index is 175. The lowest BCUT2D eigenvalue weighted by molar-refractivity contribution is -0.144. The average Bonchev–Trinajstić information content (AvgIpc) is 2.26. The number of ether oxygens (including phenoxy) is 3. The molecular formula is C11H20O4. The van der Waals surface area contributed by atoms with Crippen LogP contribution in [0.3, 0.4) is 0 Å². The fourth-order valence-electron chi connectivity index (χ4n) is 1.54. The Morgan fingerprint density at radius 3 is 3.00 bits per heavy atom. The van der Waals surface area contributed by atoms with Crippen molar-refractivity contribution >= 4 is 5.97 Å². The molecule has 0 bridgehead atoms. The third-order valence-electron chi connectivity index (χ3n) is 2.33. The molecule has 1 saturated heterocycles. The van der Waals surface area contributed by atoms with Gasteiger partial charge in [0.25, 0.3) is 0 Å². The molecule has 1 rings (SSSR count). The van der Waals surface area contributed by atoms with Gasteiger partial charge in [-0.15, -0.1) is 0 Å². The Labute approximate surface area is 90.9 Å². The van der Waals surface area contributed by atoms with Gasteiger partial charge in [-0.05, 0) is 26.2 Å². The Morgan fingerprint density at radius 1 is 1.47 bits per heavy atom. The van der Waals surface area contributed by atoms with Gasteiger partial charge in [0.1, 0.15) is 0 Å². The second-order valence-electron chi connectivity index (χ2n) is 3.62. The largest absolute Gasteiger partial charge is 0.466 e. The van der Waals surface area contributed by atoms with Crippen molar-refractivity contribution in [2.24, 2.45) is 0 Å². The average molecular weight is 216 g/mol. The second-order valence-corrected chi connectivity index (χ2v) is 3.62. The summed E-state index contributed by atoms with van der Waals surface area (Å²) in [4.78, 5) is 11.0. The molecule has 0 aromatic rings. The summed E-state index contributed by atoms with van der Waals surface area (Å²) < 4.78 is 15.6. The molecule has 0 radical (unpaired) electrons. The Balaban J connectivity index is 1.93. The van der Waals surface area contributed by atoms with Crippen LogP contribution in [0.15, 0.2) is 0 Å². The van der Waals surface area contributed by atoms with Crippen LogP contribution in [-0.2, 0) is 19.0 Å². The van der Waals surface area contributed by atoms with E-state index in [1.807, 2.05) is 0 Å². The number of carbonyl (C=O) groups is 1. The predicted molar refractivity (Wildman–Crippen MR) is 55.7 cm³/mol. The van der Waals surface area contributed by atoms with Crippen molar-refractivity contribution in [1.82, 2.24) is 0 Å². The van der Waals surface area contributed by atoms with Gasteiger partial charge in [0, 0.05) is 6.61 Å². The molecular weight excluding hydrogens is 196 g/mol. The lowest BCUT2D eigenvalue weighted by Gasteiger charge is -2.22. The highest BCUT2D eigenvalue weighted by atomic mass is 16.5. The minimum atomic E-state index is -0.193. The van der Waals surface area contributed by atoms with Crippen molar-refractivity contribution in [3.63, 3.8) is 0 Å². The van der Waals surface area contributed by atoms with Crippen molar-refractivity contribution in [2.45, 2.75) is 38.7 Å². The molecule has 1 fully saturated rings. The first-order valence-electron chi connectivity index (χ1n) is 5.68. The maximum absolute atomic E-state index is 11.0. The highest BCUT2D eigenvalue weighted by Crippen LogP contribution is 2.12. The molecule has 4 nitrogen and oxygen atoms in total. The predicted octanol–water partition coefficient (Wildman–Crippen LogP) is 1.53. The first-order chi connectivity index (χ1) is 7.33. The van der Waals surface area contributed by atoms with Gasteiger partial charge >= 0.3 is 5.97 Å². The Morgan fingerprint density at radius 2 is 2.33 bits per heavy atom. The molecule has 0 amide bonds. The van der Waals surface area contributed by atoms with Crippen LogP contribution < -0.4 is 0 Å². The molecule has 1 heterocycles. The Kier molecular flexibility index (Phi) is 6.36. The van der Waals surface area contributed by atoms with Crippen LogP contribution in [-0.4, -0.2) is 38.5 Å². The van der Waals surface area contributed by atoms with Gasteiger partial charge in [0.15, 0.2) is 0 Å². The normalized spacial score (nSPS) is 21.3. The van der Waals surface area contributed by atoms with Gasteiger partial charge in [0.05, 0.1) is 32.3 Å². The van der Waals surface area contributed by atoms with E-state index < -0.39 is 0 Å². The van der Waals surface area contributed by atoms with E-state index in [2.05, 4.69) is 0 Å². The highest BCUT2D eigenvalue weighted by molar-refractivity contribution is 5.69. The van der Waals surface area contributed by atoms with E-state index in [1.54, 1.807) is 6.92 Å². The molecule has 0 aliphatic carbocycles. The van der Waals surface area contributed by atoms with E-state index in [9.17, 15) is 4.79 Å². The summed E-state index contributed by atoms with van der Waals surface area (Å²) in [6, 6.07) is 0. The topological polar surface area (TPSA) is 44.8 Å². The van der Waals surface area contributed by atoms with Crippen molar-refractivity contribution in [1.29, 1.82) is 0 Å². The van der Waals surface area contributed by atoms with Crippen molar-refractivity contribution < 1.29 is 19.0 Å². The first-order valence-corrected chi connectivity index (χ1v) is 5.68. The molecule has 0 aromatic heterocycles. The van der Waals surface area contributed by atoms with Crippen LogP contribution in [0, 0.1) is 0 Å². The molecule has 4 heteroatoms. The van der Waals surface area contributed by atoms with Gasteiger partial charge in [-0.25, -0.2) is 0 Å². The van der Waals surface area contributed by atoms with Crippen molar-refractivity contribution in [2.75, 3.05) is 26.4 Å². The summed E-state index contributed by atoms with van der Waals surface area (Å²) in [5.74, 6) is -0.193. The fraction of sp³-hybridized carbons (Fsp3) is 0.909. The van der Waals surface area contributed by atoms with Crippen LogP contribution in [0.2, 0.25) is 0 Å². The van der Waals surface area contributed by atoms with E-state index in [1.165, 1.54) is 6.42 Å². The molecule has 88 valence electrons. The zero-order valence-corrected chi connectivity index (χ0v) is 9.37. The number of hydrogen-bond donors (Lipinski definition) is 0. The van der Waals surface area contributed by atoms with Gasteiger partial charge in [-0.1, -0.05) is 0 Å². The molecule has 0 N–H and O–H groups in total. The van der Waals surface area contributed by atoms with Gasteiger partial charge < -0.3 is 14.2 Å². The van der Waals surface area contributed by atoms with Crippen LogP contribution in [0.1, 0.15) is 32.6 Å². The van der Waals surface area contributed by atoms with E-state index in [4.69, 9.17) is 14.2 Å². The summed E-state index contributed by atoms with van der Waals surface area (Å²) in [7, 11) is 0. The summed E-state index contributed by atoms with van der Waals surface area (Å²) >= 11 is 0. The number of hydrogen-bond acceptors (Lipinski definition) is 4. The monoisotopic (exact) mass is 216 g/mol. The van der Waals surface area contributed by atoms with Crippen LogP contribution >= 0.6 is 0 Å². The molecule has 1 unspecified atom stereocenters. The van der Waals surface area contributed by atoms with Gasteiger partial charge in [0.2, 0.25) is 0 Å². The summed E-state index contributed by atoms with van der Waals surface area (Å²) in [5, 5.41) is 0. The summed E-state index contributed by atoms with van der Waals surface area (Å²) in [6.07, 6.45) is 3.99. The quantitative estimate of drug-likeness (QED) is 0.499. The van der Waals surface area contributed by atoms with Gasteiger partial charge in [-0.3, -0.25) is 4.79 Å². The zero-order valence-electron chi connectivity index (χ0n) is 9.37. The van der Waals surface area contributed by atoms with E-state index in [0.717, 1.165) is 19.4 Å².